The van der Waals surface area contributed by atoms with Crippen LogP contribution in [0, 0.1) is 5.92 Å². The first kappa shape index (κ1) is 22.7. The third kappa shape index (κ3) is 7.75. The fraction of sp³-hybridized carbons (Fsp3) is 0.611. The van der Waals surface area contributed by atoms with Crippen molar-refractivity contribution in [2.75, 3.05) is 31.3 Å². The fourth-order valence-electron chi connectivity index (χ4n) is 3.27. The lowest BCUT2D eigenvalue weighted by atomic mass is 10.1. The number of guanidine groups is 1. The van der Waals surface area contributed by atoms with Gasteiger partial charge in [-0.15, -0.1) is 24.0 Å². The predicted octanol–water partition coefficient (Wildman–Crippen LogP) is 2.61. The van der Waals surface area contributed by atoms with Crippen molar-refractivity contribution in [1.29, 1.82) is 0 Å². The minimum Gasteiger partial charge on any atom is -0.381 e. The van der Waals surface area contributed by atoms with E-state index in [-0.39, 0.29) is 35.6 Å². The largest absolute Gasteiger partial charge is 0.381 e. The van der Waals surface area contributed by atoms with Gasteiger partial charge >= 0.3 is 0 Å². The highest BCUT2D eigenvalue weighted by molar-refractivity contribution is 14.0. The van der Waals surface area contributed by atoms with E-state index in [0.29, 0.717) is 36.3 Å². The molecule has 0 radical (unpaired) electrons. The lowest BCUT2D eigenvalue weighted by molar-refractivity contribution is 0.0822. The van der Waals surface area contributed by atoms with E-state index >= 15 is 0 Å². The molecule has 3 rings (SSSR count). The van der Waals surface area contributed by atoms with Crippen LogP contribution in [-0.4, -0.2) is 51.7 Å². The molecule has 2 saturated heterocycles. The first-order valence-corrected chi connectivity index (χ1v) is 11.3. The van der Waals surface area contributed by atoms with Crippen LogP contribution in [0.3, 0.4) is 0 Å². The van der Waals surface area contributed by atoms with Gasteiger partial charge in [0, 0.05) is 30.8 Å². The van der Waals surface area contributed by atoms with Crippen LogP contribution in [0.15, 0.2) is 29.3 Å². The molecule has 2 N–H and O–H groups in total. The molecule has 0 aromatic heterocycles. The Morgan fingerprint density at radius 2 is 2.04 bits per heavy atom. The summed E-state index contributed by atoms with van der Waals surface area (Å²) in [6.07, 6.45) is 2.60. The maximum absolute atomic E-state index is 11.6. The van der Waals surface area contributed by atoms with E-state index in [4.69, 9.17) is 16.3 Å². The molecule has 0 bridgehead atoms. The van der Waals surface area contributed by atoms with Gasteiger partial charge in [0.15, 0.2) is 15.8 Å². The van der Waals surface area contributed by atoms with Crippen molar-refractivity contribution >= 4 is 51.4 Å². The highest BCUT2D eigenvalue weighted by Crippen LogP contribution is 2.17. The van der Waals surface area contributed by atoms with Crippen molar-refractivity contribution < 1.29 is 13.2 Å². The van der Waals surface area contributed by atoms with Gasteiger partial charge in [-0.2, -0.15) is 0 Å². The number of nitrogens with one attached hydrogen (secondary N) is 2. The molecule has 6 nitrogen and oxygen atoms in total. The first-order valence-electron chi connectivity index (χ1n) is 9.08. The number of halogens is 2. The van der Waals surface area contributed by atoms with Crippen LogP contribution < -0.4 is 10.6 Å². The number of sulfone groups is 1. The molecule has 2 heterocycles. The maximum Gasteiger partial charge on any atom is 0.191 e. The standard InChI is InChI=1S/C18H26ClN3O3S.HI/c19-16-3-1-2-14(10-16)11-20-18(22-17-4-7-25-8-5-17)21-12-15-6-9-26(23,24)13-15;/h1-3,10,15,17H,4-9,11-13H2,(H2,20,21,22);1H. The summed E-state index contributed by atoms with van der Waals surface area (Å²) >= 11 is 6.04. The van der Waals surface area contributed by atoms with E-state index in [1.165, 1.54) is 0 Å². The second kappa shape index (κ2) is 10.8. The van der Waals surface area contributed by atoms with Gasteiger partial charge in [-0.25, -0.2) is 13.4 Å². The van der Waals surface area contributed by atoms with E-state index in [9.17, 15) is 8.42 Å². The first-order chi connectivity index (χ1) is 12.5. The van der Waals surface area contributed by atoms with Crippen LogP contribution in [0.4, 0.5) is 0 Å². The molecule has 152 valence electrons. The zero-order valence-corrected chi connectivity index (χ0v) is 19.1. The van der Waals surface area contributed by atoms with Crippen LogP contribution in [0.1, 0.15) is 24.8 Å². The third-order valence-corrected chi connectivity index (χ3v) is 6.83. The molecule has 0 saturated carbocycles. The van der Waals surface area contributed by atoms with Crippen molar-refractivity contribution in [3.63, 3.8) is 0 Å². The van der Waals surface area contributed by atoms with Crippen molar-refractivity contribution in [1.82, 2.24) is 10.6 Å². The van der Waals surface area contributed by atoms with Crippen LogP contribution in [0.5, 0.6) is 0 Å². The summed E-state index contributed by atoms with van der Waals surface area (Å²) in [7, 11) is -2.86. The number of rotatable bonds is 5. The molecule has 1 unspecified atom stereocenters. The summed E-state index contributed by atoms with van der Waals surface area (Å²) in [5.41, 5.74) is 1.04. The molecule has 2 aliphatic heterocycles. The smallest absolute Gasteiger partial charge is 0.191 e. The van der Waals surface area contributed by atoms with E-state index in [1.54, 1.807) is 0 Å². The minimum atomic E-state index is -2.86. The summed E-state index contributed by atoms with van der Waals surface area (Å²) in [4.78, 5) is 4.67. The SMILES string of the molecule is I.O=S1(=O)CCC(CNC(=NCc2cccc(Cl)c2)NC2CCOCC2)C1. The van der Waals surface area contributed by atoms with Crippen molar-refractivity contribution in [2.24, 2.45) is 10.9 Å². The van der Waals surface area contributed by atoms with Crippen LogP contribution in [0.25, 0.3) is 0 Å². The lowest BCUT2D eigenvalue weighted by Crippen LogP contribution is -2.47. The predicted molar refractivity (Wildman–Crippen MR) is 120 cm³/mol. The Hall–Kier alpha value is -0.580. The Kier molecular flexibility index (Phi) is 9.10. The molecule has 1 atom stereocenters. The average Bonchev–Trinajstić information content (AvgIpc) is 2.97. The van der Waals surface area contributed by atoms with Gasteiger partial charge in [0.1, 0.15) is 0 Å². The van der Waals surface area contributed by atoms with Crippen molar-refractivity contribution in [3.05, 3.63) is 34.9 Å². The van der Waals surface area contributed by atoms with Gasteiger partial charge in [-0.05, 0) is 42.9 Å². The summed E-state index contributed by atoms with van der Waals surface area (Å²) in [6.45, 7) is 2.63. The molecule has 0 spiro atoms. The molecule has 1 aromatic carbocycles. The van der Waals surface area contributed by atoms with Gasteiger partial charge < -0.3 is 15.4 Å². The van der Waals surface area contributed by atoms with E-state index in [1.807, 2.05) is 24.3 Å². The Morgan fingerprint density at radius 1 is 1.26 bits per heavy atom. The normalized spacial score (nSPS) is 22.9. The van der Waals surface area contributed by atoms with E-state index in [2.05, 4.69) is 15.6 Å². The van der Waals surface area contributed by atoms with Crippen LogP contribution in [0.2, 0.25) is 5.02 Å². The molecule has 2 fully saturated rings. The second-order valence-electron chi connectivity index (χ2n) is 6.98. The number of hydrogen-bond acceptors (Lipinski definition) is 4. The number of nitrogens with zero attached hydrogens (tertiary/aromatic N) is 1. The molecule has 0 aliphatic carbocycles. The Morgan fingerprint density at radius 3 is 2.70 bits per heavy atom. The van der Waals surface area contributed by atoms with E-state index in [0.717, 1.165) is 37.6 Å². The average molecular weight is 528 g/mol. The topological polar surface area (TPSA) is 79.8 Å². The molecule has 27 heavy (non-hydrogen) atoms. The fourth-order valence-corrected chi connectivity index (χ4v) is 5.34. The second-order valence-corrected chi connectivity index (χ2v) is 9.64. The highest BCUT2D eigenvalue weighted by atomic mass is 127. The number of hydrogen-bond donors (Lipinski definition) is 2. The van der Waals surface area contributed by atoms with Gasteiger partial charge in [-0.1, -0.05) is 23.7 Å². The van der Waals surface area contributed by atoms with Crippen molar-refractivity contribution in [2.45, 2.75) is 31.8 Å². The van der Waals surface area contributed by atoms with Crippen molar-refractivity contribution in [3.8, 4) is 0 Å². The molecule has 2 aliphatic rings. The minimum absolute atomic E-state index is 0. The van der Waals surface area contributed by atoms with Crippen LogP contribution in [-0.2, 0) is 21.1 Å². The summed E-state index contributed by atoms with van der Waals surface area (Å²) in [6, 6.07) is 7.97. The molecule has 1 aromatic rings. The Bertz CT molecular complexity index is 739. The third-order valence-electron chi connectivity index (χ3n) is 4.76. The number of ether oxygens (including phenoxy) is 1. The Balaban J connectivity index is 0.00000261. The van der Waals surface area contributed by atoms with Gasteiger partial charge in [-0.3, -0.25) is 0 Å². The van der Waals surface area contributed by atoms with Crippen LogP contribution >= 0.6 is 35.6 Å². The molecule has 0 amide bonds. The zero-order valence-electron chi connectivity index (χ0n) is 15.2. The molecule has 9 heteroatoms. The summed E-state index contributed by atoms with van der Waals surface area (Å²) in [5.74, 6) is 1.43. The van der Waals surface area contributed by atoms with E-state index < -0.39 is 9.84 Å². The lowest BCUT2D eigenvalue weighted by Gasteiger charge is -2.25. The zero-order chi connectivity index (χ0) is 18.4. The summed E-state index contributed by atoms with van der Waals surface area (Å²) in [5, 5.41) is 7.49. The van der Waals surface area contributed by atoms with Gasteiger partial charge in [0.25, 0.3) is 0 Å². The quantitative estimate of drug-likeness (QED) is 0.350. The monoisotopic (exact) mass is 527 g/mol. The highest BCUT2D eigenvalue weighted by Gasteiger charge is 2.28. The Labute approximate surface area is 183 Å². The maximum atomic E-state index is 11.6. The number of benzene rings is 1. The molecular weight excluding hydrogens is 501 g/mol. The number of aliphatic imine (C=N–C) groups is 1. The summed E-state index contributed by atoms with van der Waals surface area (Å²) < 4.78 is 28.7. The van der Waals surface area contributed by atoms with Gasteiger partial charge in [0.05, 0.1) is 18.1 Å². The molecular formula is C18H27ClIN3O3S. The van der Waals surface area contributed by atoms with Gasteiger partial charge in [0.2, 0.25) is 0 Å².